The maximum absolute atomic E-state index is 15.4. The summed E-state index contributed by atoms with van der Waals surface area (Å²) in [5.41, 5.74) is 3.65. The molecule has 0 saturated heterocycles. The summed E-state index contributed by atoms with van der Waals surface area (Å²) in [5, 5.41) is 0. The number of rotatable bonds is 10. The zero-order valence-corrected chi connectivity index (χ0v) is 24.7. The monoisotopic (exact) mass is 570 g/mol. The quantitative estimate of drug-likeness (QED) is 0.0933. The molecule has 0 aromatic heterocycles. The lowest BCUT2D eigenvalue weighted by Gasteiger charge is -2.38. The first-order chi connectivity index (χ1) is 21.7. The van der Waals surface area contributed by atoms with Gasteiger partial charge in [-0.3, -0.25) is 4.79 Å². The van der Waals surface area contributed by atoms with Gasteiger partial charge in [0.15, 0.2) is 5.78 Å². The fourth-order valence-corrected chi connectivity index (χ4v) is 6.53. The highest BCUT2D eigenvalue weighted by atomic mass is 16.5. The summed E-state index contributed by atoms with van der Waals surface area (Å²) in [6.45, 7) is 0. The van der Waals surface area contributed by atoms with E-state index in [9.17, 15) is 0 Å². The highest BCUT2D eigenvalue weighted by Gasteiger charge is 2.46. The minimum atomic E-state index is -1.12. The van der Waals surface area contributed by atoms with Crippen molar-refractivity contribution in [3.63, 3.8) is 0 Å². The van der Waals surface area contributed by atoms with Gasteiger partial charge in [-0.05, 0) is 33.4 Å². The molecule has 6 rings (SSSR count). The minimum Gasteiger partial charge on any atom is -0.499 e. The molecule has 2 nitrogen and oxygen atoms in total. The first-order valence-corrected chi connectivity index (χ1v) is 14.9. The predicted molar refractivity (Wildman–Crippen MR) is 179 cm³/mol. The smallest absolute Gasteiger partial charge is 0.178 e. The molecule has 0 radical (unpaired) electrons. The second-order valence-electron chi connectivity index (χ2n) is 10.8. The van der Waals surface area contributed by atoms with Crippen LogP contribution in [0.4, 0.5) is 0 Å². The molecule has 6 aromatic carbocycles. The standard InChI is InChI=1S/C42H34O2/c1-44-40(42(36-26-14-5-15-27-36,37-28-16-6-17-29-37)38-30-18-7-19-31-38)32-39(43)41(33-20-8-2-9-21-33,34-22-10-3-11-23-34)35-24-12-4-13-25-35/h2-32H,1H3/b40-32-. The molecule has 6 aromatic rings. The van der Waals surface area contributed by atoms with Crippen molar-refractivity contribution in [2.75, 3.05) is 7.11 Å². The van der Waals surface area contributed by atoms with Crippen molar-refractivity contribution >= 4 is 5.78 Å². The summed E-state index contributed by atoms with van der Waals surface area (Å²) >= 11 is 0. The molecule has 0 unspecified atom stereocenters. The van der Waals surface area contributed by atoms with E-state index < -0.39 is 10.8 Å². The minimum absolute atomic E-state index is 0.0925. The molecular formula is C42H34O2. The van der Waals surface area contributed by atoms with Crippen LogP contribution in [0.2, 0.25) is 0 Å². The van der Waals surface area contributed by atoms with Gasteiger partial charge < -0.3 is 4.74 Å². The Bertz CT molecular complexity index is 1620. The fourth-order valence-electron chi connectivity index (χ4n) is 6.53. The van der Waals surface area contributed by atoms with E-state index in [0.717, 1.165) is 33.4 Å². The number of ether oxygens (including phenoxy) is 1. The SMILES string of the molecule is CO/C(=C\C(=O)C(c1ccccc1)(c1ccccc1)c1ccccc1)C(c1ccccc1)(c1ccccc1)c1ccccc1. The van der Waals surface area contributed by atoms with Gasteiger partial charge in [0.25, 0.3) is 0 Å². The first-order valence-electron chi connectivity index (χ1n) is 14.9. The van der Waals surface area contributed by atoms with Crippen LogP contribution in [0, 0.1) is 0 Å². The van der Waals surface area contributed by atoms with E-state index in [-0.39, 0.29) is 5.78 Å². The molecule has 0 amide bonds. The molecule has 44 heavy (non-hydrogen) atoms. The zero-order valence-electron chi connectivity index (χ0n) is 24.7. The maximum atomic E-state index is 15.4. The number of ketones is 1. The van der Waals surface area contributed by atoms with Crippen LogP contribution >= 0.6 is 0 Å². The van der Waals surface area contributed by atoms with Crippen LogP contribution in [0.25, 0.3) is 0 Å². The van der Waals surface area contributed by atoms with E-state index in [1.54, 1.807) is 13.2 Å². The fraction of sp³-hybridized carbons (Fsp3) is 0.0714. The third kappa shape index (κ3) is 4.95. The van der Waals surface area contributed by atoms with Crippen molar-refractivity contribution in [2.24, 2.45) is 0 Å². The number of benzene rings is 6. The molecule has 0 heterocycles. The predicted octanol–water partition coefficient (Wildman–Crippen LogP) is 9.16. The molecule has 0 aliphatic rings. The lowest BCUT2D eigenvalue weighted by atomic mass is 9.64. The molecule has 0 N–H and O–H groups in total. The van der Waals surface area contributed by atoms with E-state index in [1.165, 1.54) is 0 Å². The second-order valence-corrected chi connectivity index (χ2v) is 10.8. The van der Waals surface area contributed by atoms with Crippen molar-refractivity contribution in [3.05, 3.63) is 227 Å². The number of carbonyl (C=O) groups is 1. The van der Waals surface area contributed by atoms with Crippen molar-refractivity contribution in [1.82, 2.24) is 0 Å². The number of carbonyl (C=O) groups excluding carboxylic acids is 1. The van der Waals surface area contributed by atoms with E-state index in [1.807, 2.05) is 146 Å². The van der Waals surface area contributed by atoms with E-state index >= 15 is 4.79 Å². The van der Waals surface area contributed by atoms with Gasteiger partial charge in [0.05, 0.1) is 7.11 Å². The van der Waals surface area contributed by atoms with Gasteiger partial charge in [0, 0.05) is 6.08 Å². The van der Waals surface area contributed by atoms with Gasteiger partial charge in [-0.25, -0.2) is 0 Å². The van der Waals surface area contributed by atoms with Crippen LogP contribution in [-0.4, -0.2) is 12.9 Å². The third-order valence-corrected chi connectivity index (χ3v) is 8.46. The normalized spacial score (nSPS) is 12.0. The molecule has 214 valence electrons. The second kappa shape index (κ2) is 12.8. The molecular weight excluding hydrogens is 536 g/mol. The Morgan fingerprint density at radius 2 is 0.636 bits per heavy atom. The Hall–Kier alpha value is -5.47. The average Bonchev–Trinajstić information content (AvgIpc) is 3.11. The highest BCUT2D eigenvalue weighted by molar-refractivity contribution is 6.05. The lowest BCUT2D eigenvalue weighted by Crippen LogP contribution is -2.39. The van der Waals surface area contributed by atoms with Crippen molar-refractivity contribution in [3.8, 4) is 0 Å². The first kappa shape index (κ1) is 28.6. The van der Waals surface area contributed by atoms with Crippen LogP contribution in [0.15, 0.2) is 194 Å². The summed E-state index contributed by atoms with van der Waals surface area (Å²) in [7, 11) is 1.66. The Morgan fingerprint density at radius 1 is 0.409 bits per heavy atom. The van der Waals surface area contributed by atoms with Crippen LogP contribution < -0.4 is 0 Å². The van der Waals surface area contributed by atoms with Crippen LogP contribution in [-0.2, 0) is 20.4 Å². The van der Waals surface area contributed by atoms with Gasteiger partial charge >= 0.3 is 0 Å². The van der Waals surface area contributed by atoms with Crippen molar-refractivity contribution in [2.45, 2.75) is 10.8 Å². The van der Waals surface area contributed by atoms with Crippen LogP contribution in [0.1, 0.15) is 33.4 Å². The Morgan fingerprint density at radius 3 is 0.864 bits per heavy atom. The highest BCUT2D eigenvalue weighted by Crippen LogP contribution is 2.47. The topological polar surface area (TPSA) is 26.3 Å². The average molecular weight is 571 g/mol. The summed E-state index contributed by atoms with van der Waals surface area (Å²) in [5.74, 6) is 0.448. The Balaban J connectivity index is 1.71. The molecule has 0 bridgehead atoms. The summed E-state index contributed by atoms with van der Waals surface area (Å²) in [6, 6.07) is 61.0. The molecule has 0 atom stereocenters. The Labute approximate surface area is 259 Å². The van der Waals surface area contributed by atoms with Crippen molar-refractivity contribution in [1.29, 1.82) is 0 Å². The molecule has 0 aliphatic heterocycles. The number of methoxy groups -OCH3 is 1. The number of hydrogen-bond acceptors (Lipinski definition) is 2. The molecule has 0 spiro atoms. The number of allylic oxidation sites excluding steroid dienone is 2. The summed E-state index contributed by atoms with van der Waals surface area (Å²) in [4.78, 5) is 15.4. The van der Waals surface area contributed by atoms with Gasteiger partial charge in [0.2, 0.25) is 0 Å². The largest absolute Gasteiger partial charge is 0.499 e. The van der Waals surface area contributed by atoms with Gasteiger partial charge in [-0.2, -0.15) is 0 Å². The molecule has 2 heteroatoms. The van der Waals surface area contributed by atoms with Crippen LogP contribution in [0.3, 0.4) is 0 Å². The number of hydrogen-bond donors (Lipinski definition) is 0. The maximum Gasteiger partial charge on any atom is 0.178 e. The van der Waals surface area contributed by atoms with E-state index in [2.05, 4.69) is 36.4 Å². The van der Waals surface area contributed by atoms with E-state index in [0.29, 0.717) is 5.76 Å². The zero-order chi connectivity index (χ0) is 30.2. The molecule has 0 fully saturated rings. The van der Waals surface area contributed by atoms with Gasteiger partial charge in [-0.15, -0.1) is 0 Å². The summed E-state index contributed by atoms with van der Waals surface area (Å²) < 4.78 is 6.39. The van der Waals surface area contributed by atoms with Crippen LogP contribution in [0.5, 0.6) is 0 Å². The Kier molecular flexibility index (Phi) is 8.34. The molecule has 0 saturated carbocycles. The van der Waals surface area contributed by atoms with Gasteiger partial charge in [-0.1, -0.05) is 182 Å². The summed E-state index contributed by atoms with van der Waals surface area (Å²) in [6.07, 6.45) is 1.74. The van der Waals surface area contributed by atoms with E-state index in [4.69, 9.17) is 4.74 Å². The molecule has 0 aliphatic carbocycles. The van der Waals surface area contributed by atoms with Gasteiger partial charge in [0.1, 0.15) is 16.6 Å². The third-order valence-electron chi connectivity index (χ3n) is 8.46. The van der Waals surface area contributed by atoms with Crippen molar-refractivity contribution < 1.29 is 9.53 Å². The lowest BCUT2D eigenvalue weighted by molar-refractivity contribution is -0.117.